The van der Waals surface area contributed by atoms with E-state index in [-0.39, 0.29) is 5.78 Å². The van der Waals surface area contributed by atoms with Gasteiger partial charge >= 0.3 is 0 Å². The molecule has 0 radical (unpaired) electrons. The zero-order valence-corrected chi connectivity index (χ0v) is 7.41. The number of halogens is 1. The first-order valence-electron chi connectivity index (χ1n) is 3.87. The van der Waals surface area contributed by atoms with Crippen molar-refractivity contribution in [2.45, 2.75) is 12.5 Å². The Hall–Kier alpha value is -1.22. The van der Waals surface area contributed by atoms with E-state index in [4.69, 9.17) is 11.6 Å². The van der Waals surface area contributed by atoms with Crippen LogP contribution >= 0.6 is 11.6 Å². The first-order valence-corrected chi connectivity index (χ1v) is 4.25. The summed E-state index contributed by atoms with van der Waals surface area (Å²) >= 11 is 5.74. The van der Waals surface area contributed by atoms with Gasteiger partial charge in [0.1, 0.15) is 0 Å². The van der Waals surface area contributed by atoms with Crippen LogP contribution in [0.4, 0.5) is 0 Å². The minimum atomic E-state index is -0.742. The normalized spacial score (nSPS) is 20.1. The fourth-order valence-corrected chi connectivity index (χ4v) is 1.73. The van der Waals surface area contributed by atoms with Gasteiger partial charge in [-0.25, -0.2) is 0 Å². The van der Waals surface area contributed by atoms with Crippen LogP contribution in [0, 0.1) is 4.91 Å². The van der Waals surface area contributed by atoms with Crippen molar-refractivity contribution in [2.75, 3.05) is 0 Å². The second kappa shape index (κ2) is 2.92. The standard InChI is InChI=1S/C9H6ClNO2/c10-6-1-2-7-5(3-6)4-8(11-13)9(7)12/h1-3,8H,4H2. The first-order chi connectivity index (χ1) is 6.22. The molecule has 1 aromatic rings. The molecular formula is C9H6ClNO2. The van der Waals surface area contributed by atoms with Gasteiger partial charge in [0.2, 0.25) is 0 Å². The maximum atomic E-state index is 11.4. The van der Waals surface area contributed by atoms with Gasteiger partial charge in [0.05, 0.1) is 0 Å². The second-order valence-corrected chi connectivity index (χ2v) is 3.43. The number of hydrogen-bond donors (Lipinski definition) is 0. The van der Waals surface area contributed by atoms with Crippen molar-refractivity contribution in [1.29, 1.82) is 0 Å². The monoisotopic (exact) mass is 195 g/mol. The van der Waals surface area contributed by atoms with Crippen molar-refractivity contribution in [1.82, 2.24) is 0 Å². The summed E-state index contributed by atoms with van der Waals surface area (Å²) in [6.45, 7) is 0. The van der Waals surface area contributed by atoms with Crippen molar-refractivity contribution < 1.29 is 4.79 Å². The van der Waals surface area contributed by atoms with Gasteiger partial charge in [0.25, 0.3) is 0 Å². The summed E-state index contributed by atoms with van der Waals surface area (Å²) in [6.07, 6.45) is 0.387. The summed E-state index contributed by atoms with van der Waals surface area (Å²) in [4.78, 5) is 21.7. The summed E-state index contributed by atoms with van der Waals surface area (Å²) in [6, 6.07) is 4.25. The number of rotatable bonds is 1. The van der Waals surface area contributed by atoms with Gasteiger partial charge in [-0.05, 0) is 23.8 Å². The molecule has 0 amide bonds. The Morgan fingerprint density at radius 3 is 2.92 bits per heavy atom. The van der Waals surface area contributed by atoms with Crippen LogP contribution in [0.1, 0.15) is 15.9 Å². The molecule has 0 N–H and O–H groups in total. The third kappa shape index (κ3) is 1.25. The number of fused-ring (bicyclic) bond motifs is 1. The maximum Gasteiger partial charge on any atom is 0.191 e. The molecule has 1 atom stereocenters. The Bertz CT molecular complexity index is 389. The second-order valence-electron chi connectivity index (χ2n) is 2.99. The van der Waals surface area contributed by atoms with Crippen LogP contribution in [0.25, 0.3) is 0 Å². The van der Waals surface area contributed by atoms with Crippen LogP contribution in [0.15, 0.2) is 23.4 Å². The van der Waals surface area contributed by atoms with E-state index in [2.05, 4.69) is 5.18 Å². The molecule has 0 heterocycles. The Balaban J connectivity index is 2.49. The summed E-state index contributed by atoms with van der Waals surface area (Å²) < 4.78 is 0. The first kappa shape index (κ1) is 8.38. The Morgan fingerprint density at radius 2 is 2.23 bits per heavy atom. The predicted molar refractivity (Wildman–Crippen MR) is 49.1 cm³/mol. The van der Waals surface area contributed by atoms with Gasteiger partial charge in [-0.1, -0.05) is 16.8 Å². The smallest absolute Gasteiger partial charge is 0.191 e. The number of nitroso groups, excluding NO2 is 1. The zero-order valence-electron chi connectivity index (χ0n) is 6.66. The average molecular weight is 196 g/mol. The SMILES string of the molecule is O=NC1Cc2cc(Cl)ccc2C1=O. The summed E-state index contributed by atoms with van der Waals surface area (Å²) in [5.41, 5.74) is 1.40. The number of Topliss-reactive ketones (excluding diaryl/α,β-unsaturated/α-hetero) is 1. The molecule has 0 saturated heterocycles. The van der Waals surface area contributed by atoms with Crippen molar-refractivity contribution in [3.63, 3.8) is 0 Å². The quantitative estimate of drug-likeness (QED) is 0.645. The van der Waals surface area contributed by atoms with Gasteiger partial charge in [0, 0.05) is 17.0 Å². The molecular weight excluding hydrogens is 190 g/mol. The van der Waals surface area contributed by atoms with Gasteiger partial charge < -0.3 is 0 Å². The average Bonchev–Trinajstić information content (AvgIpc) is 2.42. The highest BCUT2D eigenvalue weighted by Gasteiger charge is 2.31. The molecule has 0 fully saturated rings. The van der Waals surface area contributed by atoms with Crippen LogP contribution in [-0.4, -0.2) is 11.8 Å². The van der Waals surface area contributed by atoms with E-state index in [9.17, 15) is 9.70 Å². The molecule has 1 aliphatic carbocycles. The van der Waals surface area contributed by atoms with Gasteiger partial charge in [-0.15, -0.1) is 0 Å². The van der Waals surface area contributed by atoms with Gasteiger partial charge in [0.15, 0.2) is 11.8 Å². The molecule has 66 valence electrons. The Labute approximate surface area is 79.7 Å². The molecule has 0 aromatic heterocycles. The van der Waals surface area contributed by atoms with Crippen LogP contribution < -0.4 is 0 Å². The number of hydrogen-bond acceptors (Lipinski definition) is 3. The minimum absolute atomic E-state index is 0.193. The minimum Gasteiger partial charge on any atom is -0.292 e. The lowest BCUT2D eigenvalue weighted by Crippen LogP contribution is -2.11. The summed E-state index contributed by atoms with van der Waals surface area (Å²) in [5, 5.41) is 3.35. The Morgan fingerprint density at radius 1 is 1.46 bits per heavy atom. The highest BCUT2D eigenvalue weighted by molar-refractivity contribution is 6.30. The van der Waals surface area contributed by atoms with Crippen molar-refractivity contribution in [3.8, 4) is 0 Å². The van der Waals surface area contributed by atoms with E-state index in [1.165, 1.54) is 0 Å². The van der Waals surface area contributed by atoms with E-state index in [0.717, 1.165) is 5.56 Å². The summed E-state index contributed by atoms with van der Waals surface area (Å²) in [7, 11) is 0. The van der Waals surface area contributed by atoms with Crippen molar-refractivity contribution in [3.05, 3.63) is 39.3 Å². The van der Waals surface area contributed by atoms with E-state index in [1.54, 1.807) is 18.2 Å². The van der Waals surface area contributed by atoms with Crippen LogP contribution in [0.3, 0.4) is 0 Å². The zero-order chi connectivity index (χ0) is 9.42. The van der Waals surface area contributed by atoms with Gasteiger partial charge in [-0.3, -0.25) is 4.79 Å². The number of carbonyl (C=O) groups is 1. The lowest BCUT2D eigenvalue weighted by molar-refractivity contribution is 0.0975. The molecule has 1 aromatic carbocycles. The van der Waals surface area contributed by atoms with E-state index in [1.807, 2.05) is 0 Å². The van der Waals surface area contributed by atoms with Crippen LogP contribution in [0.2, 0.25) is 5.02 Å². The molecule has 0 spiro atoms. The van der Waals surface area contributed by atoms with Crippen molar-refractivity contribution in [2.24, 2.45) is 5.18 Å². The molecule has 0 bridgehead atoms. The number of ketones is 1. The molecule has 1 aliphatic rings. The van der Waals surface area contributed by atoms with E-state index >= 15 is 0 Å². The molecule has 2 rings (SSSR count). The largest absolute Gasteiger partial charge is 0.292 e. The van der Waals surface area contributed by atoms with Crippen LogP contribution in [-0.2, 0) is 6.42 Å². The summed E-state index contributed by atoms with van der Waals surface area (Å²) in [5.74, 6) is -0.193. The molecule has 13 heavy (non-hydrogen) atoms. The maximum absolute atomic E-state index is 11.4. The number of benzene rings is 1. The number of nitrogens with zero attached hydrogens (tertiary/aromatic N) is 1. The number of carbonyl (C=O) groups excluding carboxylic acids is 1. The third-order valence-corrected chi connectivity index (χ3v) is 2.41. The van der Waals surface area contributed by atoms with Crippen LogP contribution in [0.5, 0.6) is 0 Å². The predicted octanol–water partition coefficient (Wildman–Crippen LogP) is 2.21. The van der Waals surface area contributed by atoms with E-state index < -0.39 is 6.04 Å². The lowest BCUT2D eigenvalue weighted by atomic mass is 10.1. The lowest BCUT2D eigenvalue weighted by Gasteiger charge is -1.95. The fourth-order valence-electron chi connectivity index (χ4n) is 1.54. The molecule has 0 saturated carbocycles. The Kier molecular flexibility index (Phi) is 1.88. The molecule has 4 heteroatoms. The van der Waals surface area contributed by atoms with E-state index in [0.29, 0.717) is 17.0 Å². The molecule has 0 aliphatic heterocycles. The molecule has 3 nitrogen and oxygen atoms in total. The highest BCUT2D eigenvalue weighted by atomic mass is 35.5. The third-order valence-electron chi connectivity index (χ3n) is 2.18. The molecule has 1 unspecified atom stereocenters. The highest BCUT2D eigenvalue weighted by Crippen LogP contribution is 2.26. The van der Waals surface area contributed by atoms with Crippen molar-refractivity contribution >= 4 is 17.4 Å². The van der Waals surface area contributed by atoms with Gasteiger partial charge in [-0.2, -0.15) is 4.91 Å². The fraction of sp³-hybridized carbons (Fsp3) is 0.222. The topological polar surface area (TPSA) is 46.5 Å².